The standard InChI is InChI=1S/C31H30F3N5O4/c32-31(33,34)43-24-8-6-22(7-9-24)29(40)38-15-11-21(12-16-38)25-10-14-35-28-26(25)36-27(37-28)23-13-17-39(18-23)30(41)42-19-20-4-2-1-3-5-20/h1-10,14,21,23H,11-13,15-19H2,(H,35,36,37). The Morgan fingerprint density at radius 2 is 1.60 bits per heavy atom. The molecule has 2 aromatic heterocycles. The number of aromatic amines is 1. The van der Waals surface area contributed by atoms with E-state index in [0.29, 0.717) is 37.4 Å². The van der Waals surface area contributed by atoms with E-state index in [-0.39, 0.29) is 36.2 Å². The first-order valence-electron chi connectivity index (χ1n) is 14.2. The molecule has 0 saturated carbocycles. The molecule has 2 aliphatic heterocycles. The van der Waals surface area contributed by atoms with Crippen LogP contribution in [0.1, 0.15) is 58.4 Å². The molecular weight excluding hydrogens is 563 g/mol. The van der Waals surface area contributed by atoms with Crippen molar-refractivity contribution in [2.75, 3.05) is 26.2 Å². The van der Waals surface area contributed by atoms with Crippen molar-refractivity contribution in [3.63, 3.8) is 0 Å². The molecule has 224 valence electrons. The van der Waals surface area contributed by atoms with E-state index >= 15 is 0 Å². The van der Waals surface area contributed by atoms with E-state index in [4.69, 9.17) is 9.72 Å². The summed E-state index contributed by atoms with van der Waals surface area (Å²) in [4.78, 5) is 41.8. The minimum absolute atomic E-state index is 0.0405. The summed E-state index contributed by atoms with van der Waals surface area (Å²) in [6, 6.07) is 16.5. The number of imidazole rings is 1. The van der Waals surface area contributed by atoms with Gasteiger partial charge in [0.25, 0.3) is 5.91 Å². The molecule has 2 aliphatic rings. The number of halogens is 3. The van der Waals surface area contributed by atoms with E-state index in [2.05, 4.69) is 14.7 Å². The quantitative estimate of drug-likeness (QED) is 0.294. The van der Waals surface area contributed by atoms with E-state index in [1.165, 1.54) is 12.1 Å². The summed E-state index contributed by atoms with van der Waals surface area (Å²) in [6.45, 7) is 2.34. The summed E-state index contributed by atoms with van der Waals surface area (Å²) in [5.41, 5.74) is 3.82. The molecule has 2 aromatic carbocycles. The summed E-state index contributed by atoms with van der Waals surface area (Å²) in [5, 5.41) is 0. The molecule has 1 unspecified atom stereocenters. The van der Waals surface area contributed by atoms with Crippen LogP contribution in [0.3, 0.4) is 0 Å². The lowest BCUT2D eigenvalue weighted by molar-refractivity contribution is -0.274. The van der Waals surface area contributed by atoms with Crippen molar-refractivity contribution in [3.05, 3.63) is 89.4 Å². The predicted molar refractivity (Wildman–Crippen MR) is 150 cm³/mol. The van der Waals surface area contributed by atoms with Crippen LogP contribution in [0.25, 0.3) is 11.2 Å². The summed E-state index contributed by atoms with van der Waals surface area (Å²) in [6.07, 6.45) is -1.17. The van der Waals surface area contributed by atoms with E-state index < -0.39 is 6.36 Å². The molecule has 0 spiro atoms. The first-order valence-corrected chi connectivity index (χ1v) is 14.2. The number of nitrogens with zero attached hydrogens (tertiary/aromatic N) is 4. The highest BCUT2D eigenvalue weighted by atomic mass is 19.4. The third-order valence-electron chi connectivity index (χ3n) is 8.04. The minimum Gasteiger partial charge on any atom is -0.445 e. The van der Waals surface area contributed by atoms with Crippen LogP contribution in [0.4, 0.5) is 18.0 Å². The minimum atomic E-state index is -4.78. The van der Waals surface area contributed by atoms with Crippen molar-refractivity contribution in [1.82, 2.24) is 24.8 Å². The number of piperidine rings is 1. The van der Waals surface area contributed by atoms with Crippen LogP contribution in [0.2, 0.25) is 0 Å². The van der Waals surface area contributed by atoms with E-state index in [1.807, 2.05) is 36.4 Å². The number of likely N-dealkylation sites (tertiary alicyclic amines) is 2. The maximum atomic E-state index is 13.0. The molecule has 6 rings (SSSR count). The number of carbonyl (C=O) groups is 2. The highest BCUT2D eigenvalue weighted by Gasteiger charge is 2.33. The van der Waals surface area contributed by atoms with Gasteiger partial charge < -0.3 is 24.3 Å². The Bertz CT molecular complexity index is 1580. The number of fused-ring (bicyclic) bond motifs is 1. The van der Waals surface area contributed by atoms with Crippen LogP contribution in [0, 0.1) is 0 Å². The van der Waals surface area contributed by atoms with Crippen molar-refractivity contribution in [1.29, 1.82) is 0 Å². The largest absolute Gasteiger partial charge is 0.573 e. The molecular formula is C31H30F3N5O4. The van der Waals surface area contributed by atoms with Gasteiger partial charge in [-0.15, -0.1) is 13.2 Å². The van der Waals surface area contributed by atoms with Gasteiger partial charge in [-0.1, -0.05) is 30.3 Å². The van der Waals surface area contributed by atoms with Crippen LogP contribution >= 0.6 is 0 Å². The number of H-pyrrole nitrogens is 1. The number of carbonyl (C=O) groups excluding carboxylic acids is 2. The molecule has 1 atom stereocenters. The van der Waals surface area contributed by atoms with E-state index in [0.717, 1.165) is 53.9 Å². The Morgan fingerprint density at radius 3 is 2.33 bits per heavy atom. The topological polar surface area (TPSA) is 101 Å². The second-order valence-electron chi connectivity index (χ2n) is 10.8. The number of ether oxygens (including phenoxy) is 2. The number of alkyl halides is 3. The van der Waals surface area contributed by atoms with E-state index in [9.17, 15) is 22.8 Å². The van der Waals surface area contributed by atoms with Crippen LogP contribution in [0.5, 0.6) is 5.75 Å². The fourth-order valence-electron chi connectivity index (χ4n) is 5.82. The summed E-state index contributed by atoms with van der Waals surface area (Å²) >= 11 is 0. The Kier molecular flexibility index (Phi) is 7.92. The normalized spacial score (nSPS) is 17.8. The number of hydrogen-bond donors (Lipinski definition) is 1. The smallest absolute Gasteiger partial charge is 0.445 e. The third-order valence-corrected chi connectivity index (χ3v) is 8.04. The SMILES string of the molecule is O=C(OCc1ccccc1)N1CCC(c2nc3nccc(C4CCN(C(=O)c5ccc(OC(F)(F)F)cc5)CC4)c3[nH]2)C1. The first-order chi connectivity index (χ1) is 20.7. The van der Waals surface area contributed by atoms with Crippen molar-refractivity contribution in [2.24, 2.45) is 0 Å². The van der Waals surface area contributed by atoms with Gasteiger partial charge in [-0.05, 0) is 66.6 Å². The molecule has 0 aliphatic carbocycles. The van der Waals surface area contributed by atoms with Gasteiger partial charge >= 0.3 is 12.5 Å². The predicted octanol–water partition coefficient (Wildman–Crippen LogP) is 6.00. The molecule has 2 saturated heterocycles. The molecule has 2 fully saturated rings. The first kappa shape index (κ1) is 28.5. The number of pyridine rings is 1. The molecule has 2 amide bonds. The monoisotopic (exact) mass is 593 g/mol. The van der Waals surface area contributed by atoms with Crippen LogP contribution in [-0.4, -0.2) is 69.3 Å². The van der Waals surface area contributed by atoms with Crippen LogP contribution < -0.4 is 4.74 Å². The maximum Gasteiger partial charge on any atom is 0.573 e. The highest BCUT2D eigenvalue weighted by Crippen LogP contribution is 2.34. The second kappa shape index (κ2) is 11.9. The van der Waals surface area contributed by atoms with Gasteiger partial charge in [-0.3, -0.25) is 4.79 Å². The van der Waals surface area contributed by atoms with Crippen molar-refractivity contribution < 1.29 is 32.2 Å². The summed E-state index contributed by atoms with van der Waals surface area (Å²) in [7, 11) is 0. The summed E-state index contributed by atoms with van der Waals surface area (Å²) in [5.74, 6) is 0.418. The number of benzene rings is 2. The van der Waals surface area contributed by atoms with E-state index in [1.54, 1.807) is 16.0 Å². The van der Waals surface area contributed by atoms with Gasteiger partial charge in [0, 0.05) is 43.9 Å². The fraction of sp³-hybridized carbons (Fsp3) is 0.355. The number of nitrogens with one attached hydrogen (secondary N) is 1. The Morgan fingerprint density at radius 1 is 0.907 bits per heavy atom. The Balaban J connectivity index is 1.06. The Labute approximate surface area is 245 Å². The number of hydrogen-bond acceptors (Lipinski definition) is 6. The molecule has 1 N–H and O–H groups in total. The molecule has 4 aromatic rings. The fourth-order valence-corrected chi connectivity index (χ4v) is 5.82. The highest BCUT2D eigenvalue weighted by molar-refractivity contribution is 5.94. The lowest BCUT2D eigenvalue weighted by Crippen LogP contribution is -2.38. The molecule has 0 bridgehead atoms. The third kappa shape index (κ3) is 6.58. The zero-order valence-corrected chi connectivity index (χ0v) is 23.2. The lowest BCUT2D eigenvalue weighted by atomic mass is 9.89. The van der Waals surface area contributed by atoms with Gasteiger partial charge in [0.2, 0.25) is 0 Å². The van der Waals surface area contributed by atoms with Crippen LogP contribution in [0.15, 0.2) is 66.9 Å². The van der Waals surface area contributed by atoms with Crippen molar-refractivity contribution >= 4 is 23.2 Å². The summed E-state index contributed by atoms with van der Waals surface area (Å²) < 4.78 is 46.7. The molecule has 12 heteroatoms. The van der Waals surface area contributed by atoms with Crippen molar-refractivity contribution in [2.45, 2.75) is 44.1 Å². The van der Waals surface area contributed by atoms with Gasteiger partial charge in [0.15, 0.2) is 5.65 Å². The Hall–Kier alpha value is -4.61. The van der Waals surface area contributed by atoms with Gasteiger partial charge in [-0.25, -0.2) is 14.8 Å². The zero-order chi connectivity index (χ0) is 30.0. The number of aromatic nitrogens is 3. The average molecular weight is 594 g/mol. The molecule has 4 heterocycles. The van der Waals surface area contributed by atoms with Crippen molar-refractivity contribution in [3.8, 4) is 5.75 Å². The molecule has 0 radical (unpaired) electrons. The van der Waals surface area contributed by atoms with Gasteiger partial charge in [0.1, 0.15) is 18.2 Å². The molecule has 43 heavy (non-hydrogen) atoms. The van der Waals surface area contributed by atoms with Gasteiger partial charge in [0.05, 0.1) is 5.52 Å². The molecule has 9 nitrogen and oxygen atoms in total. The number of rotatable bonds is 6. The maximum absolute atomic E-state index is 13.0. The van der Waals surface area contributed by atoms with Gasteiger partial charge in [-0.2, -0.15) is 0 Å². The average Bonchev–Trinajstić information content (AvgIpc) is 3.68. The zero-order valence-electron chi connectivity index (χ0n) is 23.2. The second-order valence-corrected chi connectivity index (χ2v) is 10.8. The lowest BCUT2D eigenvalue weighted by Gasteiger charge is -2.32. The van der Waals surface area contributed by atoms with Crippen LogP contribution in [-0.2, 0) is 11.3 Å². The number of amides is 2.